The molecule has 5 heteroatoms. The molecule has 2 amide bonds. The Morgan fingerprint density at radius 1 is 1.29 bits per heavy atom. The SMILES string of the molecule is C[C@@H](NC(=O)NCCc1cccnc1)c1ccccc1Cl. The molecule has 0 radical (unpaired) electrons. The molecule has 4 nitrogen and oxygen atoms in total. The average molecular weight is 304 g/mol. The topological polar surface area (TPSA) is 54.0 Å². The first-order valence-electron chi connectivity index (χ1n) is 6.84. The number of aromatic nitrogens is 1. The number of nitrogens with one attached hydrogen (secondary N) is 2. The van der Waals surface area contributed by atoms with Gasteiger partial charge in [0.25, 0.3) is 0 Å². The molecule has 0 aliphatic carbocycles. The number of carbonyl (C=O) groups is 1. The van der Waals surface area contributed by atoms with Crippen LogP contribution >= 0.6 is 11.6 Å². The van der Waals surface area contributed by atoms with Gasteiger partial charge in [0.2, 0.25) is 0 Å². The first-order chi connectivity index (χ1) is 10.2. The molecule has 0 spiro atoms. The van der Waals surface area contributed by atoms with Crippen molar-refractivity contribution in [3.05, 3.63) is 64.9 Å². The summed E-state index contributed by atoms with van der Waals surface area (Å²) < 4.78 is 0. The molecule has 0 aliphatic heterocycles. The molecule has 110 valence electrons. The predicted molar refractivity (Wildman–Crippen MR) is 84.3 cm³/mol. The first-order valence-corrected chi connectivity index (χ1v) is 7.22. The van der Waals surface area contributed by atoms with Gasteiger partial charge in [0.1, 0.15) is 0 Å². The summed E-state index contributed by atoms with van der Waals surface area (Å²) in [5.41, 5.74) is 2.00. The summed E-state index contributed by atoms with van der Waals surface area (Å²) in [7, 11) is 0. The summed E-state index contributed by atoms with van der Waals surface area (Å²) in [6, 6.07) is 11.0. The van der Waals surface area contributed by atoms with Crippen LogP contribution in [-0.2, 0) is 6.42 Å². The molecule has 21 heavy (non-hydrogen) atoms. The minimum atomic E-state index is -0.202. The molecule has 0 saturated carbocycles. The highest BCUT2D eigenvalue weighted by molar-refractivity contribution is 6.31. The Morgan fingerprint density at radius 2 is 2.10 bits per heavy atom. The standard InChI is InChI=1S/C16H18ClN3O/c1-12(14-6-2-3-7-15(14)17)20-16(21)19-10-8-13-5-4-9-18-11-13/h2-7,9,11-12H,8,10H2,1H3,(H2,19,20,21)/t12-/m1/s1. The Hall–Kier alpha value is -2.07. The van der Waals surface area contributed by atoms with Gasteiger partial charge in [-0.2, -0.15) is 0 Å². The molecule has 2 rings (SSSR count). The third-order valence-electron chi connectivity index (χ3n) is 3.14. The zero-order valence-corrected chi connectivity index (χ0v) is 12.6. The minimum Gasteiger partial charge on any atom is -0.338 e. The Morgan fingerprint density at radius 3 is 2.81 bits per heavy atom. The molecule has 0 fully saturated rings. The molecule has 0 bridgehead atoms. The fourth-order valence-corrected chi connectivity index (χ4v) is 2.32. The second kappa shape index (κ2) is 7.64. The summed E-state index contributed by atoms with van der Waals surface area (Å²) >= 11 is 6.11. The number of hydrogen-bond donors (Lipinski definition) is 2. The highest BCUT2D eigenvalue weighted by atomic mass is 35.5. The van der Waals surface area contributed by atoms with E-state index in [1.807, 2.05) is 43.3 Å². The van der Waals surface area contributed by atoms with Gasteiger partial charge in [0, 0.05) is 24.0 Å². The summed E-state index contributed by atoms with van der Waals surface area (Å²) in [6.07, 6.45) is 4.28. The number of benzene rings is 1. The second-order valence-corrected chi connectivity index (χ2v) is 5.16. The van der Waals surface area contributed by atoms with Crippen LogP contribution in [0.5, 0.6) is 0 Å². The van der Waals surface area contributed by atoms with Crippen LogP contribution in [0.2, 0.25) is 5.02 Å². The van der Waals surface area contributed by atoms with Gasteiger partial charge in [-0.1, -0.05) is 35.9 Å². The van der Waals surface area contributed by atoms with Crippen molar-refractivity contribution in [1.29, 1.82) is 0 Å². The highest BCUT2D eigenvalue weighted by Gasteiger charge is 2.11. The molecule has 1 aromatic carbocycles. The maximum atomic E-state index is 11.8. The summed E-state index contributed by atoms with van der Waals surface area (Å²) in [5, 5.41) is 6.36. The van der Waals surface area contributed by atoms with Crippen molar-refractivity contribution in [2.24, 2.45) is 0 Å². The highest BCUT2D eigenvalue weighted by Crippen LogP contribution is 2.21. The van der Waals surface area contributed by atoms with Gasteiger partial charge < -0.3 is 10.6 Å². The normalized spacial score (nSPS) is 11.7. The fourth-order valence-electron chi connectivity index (χ4n) is 2.02. The zero-order valence-electron chi connectivity index (χ0n) is 11.8. The van der Waals surface area contributed by atoms with Gasteiger partial charge in [-0.3, -0.25) is 4.98 Å². The molecule has 1 heterocycles. The lowest BCUT2D eigenvalue weighted by Gasteiger charge is -2.16. The van der Waals surface area contributed by atoms with Crippen LogP contribution in [0.3, 0.4) is 0 Å². The first kappa shape index (κ1) is 15.3. The lowest BCUT2D eigenvalue weighted by molar-refractivity contribution is 0.238. The van der Waals surface area contributed by atoms with E-state index in [1.54, 1.807) is 12.4 Å². The Balaban J connectivity index is 1.78. The monoisotopic (exact) mass is 303 g/mol. The van der Waals surface area contributed by atoms with E-state index in [2.05, 4.69) is 15.6 Å². The fraction of sp³-hybridized carbons (Fsp3) is 0.250. The van der Waals surface area contributed by atoms with Crippen LogP contribution in [-0.4, -0.2) is 17.6 Å². The quantitative estimate of drug-likeness (QED) is 0.890. The van der Waals surface area contributed by atoms with E-state index in [1.165, 1.54) is 0 Å². The molecule has 0 aliphatic rings. The third-order valence-corrected chi connectivity index (χ3v) is 3.49. The van der Waals surface area contributed by atoms with E-state index in [9.17, 15) is 4.79 Å². The number of amides is 2. The van der Waals surface area contributed by atoms with Gasteiger partial charge in [0.15, 0.2) is 0 Å². The van der Waals surface area contributed by atoms with E-state index in [0.717, 1.165) is 17.5 Å². The maximum absolute atomic E-state index is 11.8. The Kier molecular flexibility index (Phi) is 5.58. The number of urea groups is 1. The zero-order chi connectivity index (χ0) is 15.1. The Labute approximate surface area is 129 Å². The lowest BCUT2D eigenvalue weighted by Crippen LogP contribution is -2.38. The van der Waals surface area contributed by atoms with Gasteiger partial charge in [-0.05, 0) is 36.6 Å². The van der Waals surface area contributed by atoms with Crippen molar-refractivity contribution >= 4 is 17.6 Å². The number of rotatable bonds is 5. The van der Waals surface area contributed by atoms with E-state index < -0.39 is 0 Å². The van der Waals surface area contributed by atoms with Crippen molar-refractivity contribution in [3.8, 4) is 0 Å². The van der Waals surface area contributed by atoms with Gasteiger partial charge in [0.05, 0.1) is 6.04 Å². The molecule has 2 aromatic rings. The van der Waals surface area contributed by atoms with Crippen LogP contribution in [0, 0.1) is 0 Å². The van der Waals surface area contributed by atoms with Crippen LogP contribution in [0.15, 0.2) is 48.8 Å². The minimum absolute atomic E-state index is 0.142. The second-order valence-electron chi connectivity index (χ2n) is 4.75. The largest absolute Gasteiger partial charge is 0.338 e. The van der Waals surface area contributed by atoms with E-state index in [-0.39, 0.29) is 12.1 Å². The van der Waals surface area contributed by atoms with Gasteiger partial charge in [-0.15, -0.1) is 0 Å². The van der Waals surface area contributed by atoms with Gasteiger partial charge >= 0.3 is 6.03 Å². The molecular weight excluding hydrogens is 286 g/mol. The third kappa shape index (κ3) is 4.76. The van der Waals surface area contributed by atoms with E-state index in [0.29, 0.717) is 11.6 Å². The van der Waals surface area contributed by atoms with E-state index in [4.69, 9.17) is 11.6 Å². The van der Waals surface area contributed by atoms with Gasteiger partial charge in [-0.25, -0.2) is 4.79 Å². The van der Waals surface area contributed by atoms with E-state index >= 15 is 0 Å². The summed E-state index contributed by atoms with van der Waals surface area (Å²) in [5.74, 6) is 0. The Bertz CT molecular complexity index is 589. The number of nitrogens with zero attached hydrogens (tertiary/aromatic N) is 1. The van der Waals surface area contributed by atoms with Crippen molar-refractivity contribution in [1.82, 2.24) is 15.6 Å². The molecule has 1 atom stereocenters. The van der Waals surface area contributed by atoms with Crippen LogP contribution in [0.4, 0.5) is 4.79 Å². The van der Waals surface area contributed by atoms with Crippen molar-refractivity contribution in [3.63, 3.8) is 0 Å². The number of hydrogen-bond acceptors (Lipinski definition) is 2. The van der Waals surface area contributed by atoms with Crippen molar-refractivity contribution in [2.45, 2.75) is 19.4 Å². The van der Waals surface area contributed by atoms with Crippen molar-refractivity contribution < 1.29 is 4.79 Å². The summed E-state index contributed by atoms with van der Waals surface area (Å²) in [4.78, 5) is 15.9. The van der Waals surface area contributed by atoms with Crippen LogP contribution in [0.25, 0.3) is 0 Å². The van der Waals surface area contributed by atoms with Crippen LogP contribution < -0.4 is 10.6 Å². The predicted octanol–water partition coefficient (Wildman–Crippen LogP) is 3.34. The lowest BCUT2D eigenvalue weighted by atomic mass is 10.1. The maximum Gasteiger partial charge on any atom is 0.315 e. The summed E-state index contributed by atoms with van der Waals surface area (Å²) in [6.45, 7) is 2.47. The molecular formula is C16H18ClN3O. The molecule has 0 unspecified atom stereocenters. The number of halogens is 1. The van der Waals surface area contributed by atoms with Crippen molar-refractivity contribution in [2.75, 3.05) is 6.54 Å². The molecule has 2 N–H and O–H groups in total. The smallest absolute Gasteiger partial charge is 0.315 e. The molecule has 1 aromatic heterocycles. The molecule has 0 saturated heterocycles. The number of carbonyl (C=O) groups excluding carboxylic acids is 1. The number of pyridine rings is 1. The van der Waals surface area contributed by atoms with Crippen LogP contribution in [0.1, 0.15) is 24.1 Å². The average Bonchev–Trinajstić information content (AvgIpc) is 2.48.